The highest BCUT2D eigenvalue weighted by Gasteiger charge is 2.24. The molecule has 1 atom stereocenters. The predicted octanol–water partition coefficient (Wildman–Crippen LogP) is 3.75. The van der Waals surface area contributed by atoms with Gasteiger partial charge in [-0.05, 0) is 37.8 Å². The van der Waals surface area contributed by atoms with E-state index in [0.29, 0.717) is 5.56 Å². The number of aryl methyl sites for hydroxylation is 2. The van der Waals surface area contributed by atoms with Crippen LogP contribution in [0, 0.1) is 19.3 Å². The van der Waals surface area contributed by atoms with Gasteiger partial charge in [0.2, 0.25) is 0 Å². The lowest BCUT2D eigenvalue weighted by molar-refractivity contribution is 0.0904. The van der Waals surface area contributed by atoms with E-state index >= 15 is 0 Å². The van der Waals surface area contributed by atoms with E-state index in [0.717, 1.165) is 24.0 Å². The average molecular weight is 276 g/mol. The number of rotatable bonds is 5. The Hall–Kier alpha value is -1.35. The van der Waals surface area contributed by atoms with Gasteiger partial charge < -0.3 is 0 Å². The van der Waals surface area contributed by atoms with Gasteiger partial charge in [0, 0.05) is 11.6 Å². The van der Waals surface area contributed by atoms with E-state index in [1.54, 1.807) is 0 Å². The third-order valence-corrected chi connectivity index (χ3v) is 3.47. The molecule has 0 aromatic heterocycles. The van der Waals surface area contributed by atoms with E-state index in [2.05, 4.69) is 44.6 Å². The number of hydrogen-bond acceptors (Lipinski definition) is 2. The third-order valence-electron chi connectivity index (χ3n) is 3.47. The summed E-state index contributed by atoms with van der Waals surface area (Å²) in [4.78, 5) is 12.2. The van der Waals surface area contributed by atoms with Crippen LogP contribution in [-0.2, 0) is 0 Å². The summed E-state index contributed by atoms with van der Waals surface area (Å²) in [5.74, 6) is -0.0675. The molecule has 0 fully saturated rings. The maximum atomic E-state index is 12.2. The molecule has 0 spiro atoms. The molecule has 0 unspecified atom stereocenters. The van der Waals surface area contributed by atoms with Crippen LogP contribution >= 0.6 is 0 Å². The fraction of sp³-hybridized carbons (Fsp3) is 0.588. The number of amides is 1. The first kappa shape index (κ1) is 16.7. The molecule has 1 amide bonds. The number of carbonyl (C=O) groups excluding carboxylic acids is 1. The lowest BCUT2D eigenvalue weighted by atomic mass is 9.84. The molecule has 112 valence electrons. The molecule has 0 saturated heterocycles. The minimum Gasteiger partial charge on any atom is -0.287 e. The van der Waals surface area contributed by atoms with Crippen molar-refractivity contribution >= 4 is 5.91 Å². The van der Waals surface area contributed by atoms with Crippen molar-refractivity contribution in [2.45, 2.75) is 60.4 Å². The summed E-state index contributed by atoms with van der Waals surface area (Å²) in [7, 11) is 0. The molecule has 3 heteroatoms. The second kappa shape index (κ2) is 6.89. The highest BCUT2D eigenvalue weighted by Crippen LogP contribution is 2.22. The van der Waals surface area contributed by atoms with Crippen LogP contribution < -0.4 is 10.9 Å². The Kier molecular flexibility index (Phi) is 5.75. The van der Waals surface area contributed by atoms with Crippen molar-refractivity contribution < 1.29 is 4.79 Å². The van der Waals surface area contributed by atoms with Crippen LogP contribution in [0.4, 0.5) is 0 Å². The van der Waals surface area contributed by atoms with Gasteiger partial charge in [-0.15, -0.1) is 0 Å². The van der Waals surface area contributed by atoms with E-state index in [-0.39, 0.29) is 17.4 Å². The van der Waals surface area contributed by atoms with Crippen molar-refractivity contribution in [2.24, 2.45) is 5.41 Å². The molecule has 2 N–H and O–H groups in total. The number of hydrogen-bond donors (Lipinski definition) is 2. The summed E-state index contributed by atoms with van der Waals surface area (Å²) >= 11 is 0. The normalized spacial score (nSPS) is 13.1. The second-order valence-corrected chi connectivity index (χ2v) is 6.68. The monoisotopic (exact) mass is 276 g/mol. The Morgan fingerprint density at radius 3 is 2.15 bits per heavy atom. The van der Waals surface area contributed by atoms with E-state index in [9.17, 15) is 4.79 Å². The summed E-state index contributed by atoms with van der Waals surface area (Å²) in [6, 6.07) is 6.16. The predicted molar refractivity (Wildman–Crippen MR) is 84.7 cm³/mol. The van der Waals surface area contributed by atoms with Crippen LogP contribution in [-0.4, -0.2) is 11.9 Å². The Balaban J connectivity index is 2.70. The average Bonchev–Trinajstić information content (AvgIpc) is 2.31. The van der Waals surface area contributed by atoms with E-state index in [1.165, 1.54) is 0 Å². The van der Waals surface area contributed by atoms with Crippen molar-refractivity contribution in [3.05, 3.63) is 34.9 Å². The largest absolute Gasteiger partial charge is 0.287 e. The lowest BCUT2D eigenvalue weighted by Crippen LogP contribution is -2.50. The zero-order chi connectivity index (χ0) is 15.3. The molecular weight excluding hydrogens is 248 g/mol. The van der Waals surface area contributed by atoms with Gasteiger partial charge in [0.25, 0.3) is 5.91 Å². The number of carbonyl (C=O) groups is 1. The van der Waals surface area contributed by atoms with Crippen LogP contribution in [0.15, 0.2) is 18.2 Å². The van der Waals surface area contributed by atoms with Crippen LogP contribution in [0.1, 0.15) is 62.0 Å². The van der Waals surface area contributed by atoms with Crippen molar-refractivity contribution in [3.63, 3.8) is 0 Å². The molecule has 1 aromatic rings. The van der Waals surface area contributed by atoms with Crippen LogP contribution in [0.25, 0.3) is 0 Å². The molecule has 0 heterocycles. The first-order chi connectivity index (χ1) is 9.24. The highest BCUT2D eigenvalue weighted by atomic mass is 16.2. The molecule has 20 heavy (non-hydrogen) atoms. The Bertz CT molecular complexity index is 440. The maximum absolute atomic E-state index is 12.2. The smallest absolute Gasteiger partial charge is 0.265 e. The number of hydrazine groups is 1. The van der Waals surface area contributed by atoms with Gasteiger partial charge in [0.1, 0.15) is 0 Å². The Morgan fingerprint density at radius 1 is 1.15 bits per heavy atom. The minimum absolute atomic E-state index is 0.0675. The van der Waals surface area contributed by atoms with Gasteiger partial charge >= 0.3 is 0 Å². The summed E-state index contributed by atoms with van der Waals surface area (Å²) in [5.41, 5.74) is 9.09. The highest BCUT2D eigenvalue weighted by molar-refractivity contribution is 5.94. The Morgan fingerprint density at radius 2 is 1.70 bits per heavy atom. The Labute approximate surface area is 123 Å². The summed E-state index contributed by atoms with van der Waals surface area (Å²) in [5, 5.41) is 0. The van der Waals surface area contributed by atoms with Crippen LogP contribution in [0.5, 0.6) is 0 Å². The van der Waals surface area contributed by atoms with Gasteiger partial charge in [-0.1, -0.05) is 51.3 Å². The lowest BCUT2D eigenvalue weighted by Gasteiger charge is -2.31. The summed E-state index contributed by atoms with van der Waals surface area (Å²) in [6.07, 6.45) is 2.13. The molecule has 0 aliphatic heterocycles. The van der Waals surface area contributed by atoms with Crippen LogP contribution in [0.3, 0.4) is 0 Å². The third kappa shape index (κ3) is 4.97. The quantitative estimate of drug-likeness (QED) is 0.804. The molecule has 0 bridgehead atoms. The fourth-order valence-electron chi connectivity index (χ4n) is 2.34. The molecule has 1 aromatic carbocycles. The molecule has 0 aliphatic rings. The van der Waals surface area contributed by atoms with Gasteiger partial charge in [-0.3, -0.25) is 10.2 Å². The van der Waals surface area contributed by atoms with Crippen molar-refractivity contribution in [2.75, 3.05) is 0 Å². The van der Waals surface area contributed by atoms with Gasteiger partial charge in [-0.25, -0.2) is 5.43 Å². The number of nitrogens with one attached hydrogen (secondary N) is 2. The first-order valence-electron chi connectivity index (χ1n) is 7.38. The zero-order valence-corrected chi connectivity index (χ0v) is 13.6. The summed E-state index contributed by atoms with van der Waals surface area (Å²) < 4.78 is 0. The van der Waals surface area contributed by atoms with E-state index < -0.39 is 0 Å². The molecule has 0 saturated carbocycles. The zero-order valence-electron chi connectivity index (χ0n) is 13.6. The SMILES string of the molecule is CCC[C@@H](NNC(=O)c1cc(C)cc(C)c1)C(C)(C)C. The van der Waals surface area contributed by atoms with Gasteiger partial charge in [-0.2, -0.15) is 0 Å². The molecular formula is C17H28N2O. The van der Waals surface area contributed by atoms with Gasteiger partial charge in [0.05, 0.1) is 0 Å². The number of benzene rings is 1. The standard InChI is InChI=1S/C17H28N2O/c1-7-8-15(17(4,5)6)18-19-16(20)14-10-12(2)9-13(3)11-14/h9-11,15,18H,7-8H2,1-6H3,(H,19,20)/t15-/m1/s1. The van der Waals surface area contributed by atoms with E-state index in [1.807, 2.05) is 26.0 Å². The molecule has 3 nitrogen and oxygen atoms in total. The second-order valence-electron chi connectivity index (χ2n) is 6.68. The van der Waals surface area contributed by atoms with Crippen LogP contribution in [0.2, 0.25) is 0 Å². The van der Waals surface area contributed by atoms with Crippen molar-refractivity contribution in [1.29, 1.82) is 0 Å². The minimum atomic E-state index is -0.0675. The molecule has 0 aliphatic carbocycles. The first-order valence-corrected chi connectivity index (χ1v) is 7.38. The van der Waals surface area contributed by atoms with Crippen molar-refractivity contribution in [1.82, 2.24) is 10.9 Å². The fourth-order valence-corrected chi connectivity index (χ4v) is 2.34. The molecule has 1 rings (SSSR count). The molecule has 0 radical (unpaired) electrons. The maximum Gasteiger partial charge on any atom is 0.265 e. The van der Waals surface area contributed by atoms with Crippen molar-refractivity contribution in [3.8, 4) is 0 Å². The summed E-state index contributed by atoms with van der Waals surface area (Å²) in [6.45, 7) is 12.7. The van der Waals surface area contributed by atoms with E-state index in [4.69, 9.17) is 0 Å². The topological polar surface area (TPSA) is 41.1 Å². The van der Waals surface area contributed by atoms with Gasteiger partial charge in [0.15, 0.2) is 0 Å².